The Morgan fingerprint density at radius 1 is 1.26 bits per heavy atom. The average Bonchev–Trinajstić information content (AvgIpc) is 3.25. The maximum atomic E-state index is 13.0. The van der Waals surface area contributed by atoms with E-state index in [0.717, 1.165) is 31.2 Å². The molecule has 3 heteroatoms. The Labute approximate surface area is 116 Å². The number of likely N-dealkylation sites (N-methyl/N-ethyl adjacent to an activating group) is 1. The van der Waals surface area contributed by atoms with Gasteiger partial charge in [-0.2, -0.15) is 0 Å². The van der Waals surface area contributed by atoms with Gasteiger partial charge in [0.05, 0.1) is 0 Å². The molecule has 0 radical (unpaired) electrons. The Kier molecular flexibility index (Phi) is 5.20. The first-order chi connectivity index (χ1) is 9.24. The van der Waals surface area contributed by atoms with Gasteiger partial charge in [0.15, 0.2) is 0 Å². The lowest BCUT2D eigenvalue weighted by Crippen LogP contribution is -2.43. The SMILES string of the molecule is CCCNC(CN(CC)c1ccc(F)cc1)C1CC1. The normalized spacial score (nSPS) is 16.4. The number of nitrogens with zero attached hydrogens (tertiary/aromatic N) is 1. The predicted octanol–water partition coefficient (Wildman–Crippen LogP) is 3.43. The maximum absolute atomic E-state index is 13.0. The standard InChI is InChI=1S/C16H25FN2/c1-3-11-18-16(13-5-6-13)12-19(4-2)15-9-7-14(17)8-10-15/h7-10,13,16,18H,3-6,11-12H2,1-2H3. The molecule has 0 bridgehead atoms. The molecule has 19 heavy (non-hydrogen) atoms. The van der Waals surface area contributed by atoms with E-state index in [0.29, 0.717) is 6.04 Å². The molecule has 0 spiro atoms. The number of halogens is 1. The molecule has 1 aliphatic carbocycles. The second-order valence-electron chi connectivity index (χ2n) is 5.41. The first-order valence-electron chi connectivity index (χ1n) is 7.48. The highest BCUT2D eigenvalue weighted by Crippen LogP contribution is 2.33. The lowest BCUT2D eigenvalue weighted by Gasteiger charge is -2.29. The van der Waals surface area contributed by atoms with Crippen LogP contribution in [-0.2, 0) is 0 Å². The van der Waals surface area contributed by atoms with Crippen molar-refractivity contribution in [1.29, 1.82) is 0 Å². The summed E-state index contributed by atoms with van der Waals surface area (Å²) in [5.74, 6) is 0.670. The van der Waals surface area contributed by atoms with Crippen molar-refractivity contribution < 1.29 is 4.39 Å². The molecule has 2 rings (SSSR count). The lowest BCUT2D eigenvalue weighted by atomic mass is 10.1. The summed E-state index contributed by atoms with van der Waals surface area (Å²) in [6.07, 6.45) is 3.87. The van der Waals surface area contributed by atoms with Crippen molar-refractivity contribution in [2.75, 3.05) is 24.5 Å². The Bertz CT molecular complexity index is 373. The zero-order valence-electron chi connectivity index (χ0n) is 12.0. The van der Waals surface area contributed by atoms with Crippen LogP contribution in [0.3, 0.4) is 0 Å². The number of benzene rings is 1. The second-order valence-corrected chi connectivity index (χ2v) is 5.41. The molecule has 0 aliphatic heterocycles. The van der Waals surface area contributed by atoms with E-state index in [9.17, 15) is 4.39 Å². The van der Waals surface area contributed by atoms with Gasteiger partial charge in [-0.25, -0.2) is 4.39 Å². The summed E-state index contributed by atoms with van der Waals surface area (Å²) in [4.78, 5) is 2.34. The number of nitrogens with one attached hydrogen (secondary N) is 1. The summed E-state index contributed by atoms with van der Waals surface area (Å²) in [5.41, 5.74) is 1.12. The Balaban J connectivity index is 1.97. The average molecular weight is 264 g/mol. The minimum absolute atomic E-state index is 0.164. The Morgan fingerprint density at radius 2 is 1.95 bits per heavy atom. The van der Waals surface area contributed by atoms with Gasteiger partial charge >= 0.3 is 0 Å². The molecule has 1 N–H and O–H groups in total. The molecule has 1 aromatic rings. The predicted molar refractivity (Wildman–Crippen MR) is 79.1 cm³/mol. The van der Waals surface area contributed by atoms with Gasteiger partial charge < -0.3 is 10.2 Å². The van der Waals surface area contributed by atoms with Crippen molar-refractivity contribution in [3.63, 3.8) is 0 Å². The molecule has 1 saturated carbocycles. The summed E-state index contributed by atoms with van der Waals surface area (Å²) in [5, 5.41) is 3.66. The van der Waals surface area contributed by atoms with E-state index in [-0.39, 0.29) is 5.82 Å². The highest BCUT2D eigenvalue weighted by atomic mass is 19.1. The van der Waals surface area contributed by atoms with Gasteiger partial charge in [-0.1, -0.05) is 6.92 Å². The van der Waals surface area contributed by atoms with Crippen LogP contribution >= 0.6 is 0 Å². The van der Waals surface area contributed by atoms with Crippen LogP contribution < -0.4 is 10.2 Å². The number of anilines is 1. The van der Waals surface area contributed by atoms with Gasteiger partial charge in [-0.15, -0.1) is 0 Å². The molecule has 1 aliphatic rings. The molecule has 1 atom stereocenters. The van der Waals surface area contributed by atoms with Crippen LogP contribution in [0.25, 0.3) is 0 Å². The van der Waals surface area contributed by atoms with Crippen LogP contribution in [0.15, 0.2) is 24.3 Å². The van der Waals surface area contributed by atoms with E-state index in [4.69, 9.17) is 0 Å². The third-order valence-electron chi connectivity index (χ3n) is 3.84. The molecule has 1 unspecified atom stereocenters. The first kappa shape index (κ1) is 14.3. The van der Waals surface area contributed by atoms with E-state index >= 15 is 0 Å². The van der Waals surface area contributed by atoms with Crippen molar-refractivity contribution in [3.8, 4) is 0 Å². The molecule has 106 valence electrons. The third kappa shape index (κ3) is 4.20. The number of rotatable bonds is 8. The number of hydrogen-bond donors (Lipinski definition) is 1. The van der Waals surface area contributed by atoms with Gasteiger partial charge in [0.2, 0.25) is 0 Å². The summed E-state index contributed by atoms with van der Waals surface area (Å²) >= 11 is 0. The summed E-state index contributed by atoms with van der Waals surface area (Å²) in [6, 6.07) is 7.42. The monoisotopic (exact) mass is 264 g/mol. The molecular formula is C16H25FN2. The highest BCUT2D eigenvalue weighted by Gasteiger charge is 2.31. The lowest BCUT2D eigenvalue weighted by molar-refractivity contribution is 0.458. The van der Waals surface area contributed by atoms with Crippen LogP contribution in [-0.4, -0.2) is 25.7 Å². The van der Waals surface area contributed by atoms with Crippen LogP contribution in [0, 0.1) is 11.7 Å². The van der Waals surface area contributed by atoms with Crippen molar-refractivity contribution >= 4 is 5.69 Å². The van der Waals surface area contributed by atoms with Gasteiger partial charge in [0, 0.05) is 24.8 Å². The maximum Gasteiger partial charge on any atom is 0.123 e. The molecule has 0 aromatic heterocycles. The fourth-order valence-electron chi connectivity index (χ4n) is 2.52. The fourth-order valence-corrected chi connectivity index (χ4v) is 2.52. The van der Waals surface area contributed by atoms with Crippen LogP contribution in [0.2, 0.25) is 0 Å². The second kappa shape index (κ2) is 6.90. The largest absolute Gasteiger partial charge is 0.370 e. The molecular weight excluding hydrogens is 239 g/mol. The molecule has 0 amide bonds. The van der Waals surface area contributed by atoms with Gasteiger partial charge in [-0.3, -0.25) is 0 Å². The van der Waals surface area contributed by atoms with Gasteiger partial charge in [-0.05, 0) is 62.9 Å². The minimum atomic E-state index is -0.164. The number of hydrogen-bond acceptors (Lipinski definition) is 2. The highest BCUT2D eigenvalue weighted by molar-refractivity contribution is 5.46. The van der Waals surface area contributed by atoms with Crippen LogP contribution in [0.4, 0.5) is 10.1 Å². The Hall–Kier alpha value is -1.09. The summed E-state index contributed by atoms with van der Waals surface area (Å²) in [7, 11) is 0. The molecule has 1 fully saturated rings. The fraction of sp³-hybridized carbons (Fsp3) is 0.625. The zero-order chi connectivity index (χ0) is 13.7. The zero-order valence-corrected chi connectivity index (χ0v) is 12.0. The van der Waals surface area contributed by atoms with Crippen LogP contribution in [0.1, 0.15) is 33.1 Å². The quantitative estimate of drug-likeness (QED) is 0.774. The first-order valence-corrected chi connectivity index (χ1v) is 7.48. The van der Waals surface area contributed by atoms with Crippen molar-refractivity contribution in [1.82, 2.24) is 5.32 Å². The van der Waals surface area contributed by atoms with E-state index in [1.165, 1.54) is 19.3 Å². The molecule has 2 nitrogen and oxygen atoms in total. The van der Waals surface area contributed by atoms with Crippen LogP contribution in [0.5, 0.6) is 0 Å². The van der Waals surface area contributed by atoms with Gasteiger partial charge in [0.25, 0.3) is 0 Å². The van der Waals surface area contributed by atoms with Crippen molar-refractivity contribution in [2.24, 2.45) is 5.92 Å². The molecule has 1 aromatic carbocycles. The van der Waals surface area contributed by atoms with E-state index in [1.54, 1.807) is 12.1 Å². The molecule has 0 heterocycles. The smallest absolute Gasteiger partial charge is 0.123 e. The minimum Gasteiger partial charge on any atom is -0.370 e. The summed E-state index contributed by atoms with van der Waals surface area (Å²) < 4.78 is 13.0. The Morgan fingerprint density at radius 3 is 2.47 bits per heavy atom. The van der Waals surface area contributed by atoms with Crippen molar-refractivity contribution in [3.05, 3.63) is 30.1 Å². The van der Waals surface area contributed by atoms with E-state index in [2.05, 4.69) is 24.1 Å². The summed E-state index contributed by atoms with van der Waals surface area (Å²) in [6.45, 7) is 7.43. The van der Waals surface area contributed by atoms with Gasteiger partial charge in [0.1, 0.15) is 5.82 Å². The third-order valence-corrected chi connectivity index (χ3v) is 3.84. The molecule has 0 saturated heterocycles. The van der Waals surface area contributed by atoms with Crippen molar-refractivity contribution in [2.45, 2.75) is 39.2 Å². The van der Waals surface area contributed by atoms with E-state index < -0.39 is 0 Å². The topological polar surface area (TPSA) is 15.3 Å². The van der Waals surface area contributed by atoms with E-state index in [1.807, 2.05) is 12.1 Å².